The molecule has 2 radical (unpaired) electrons. The molecule has 0 aliphatic carbocycles. The minimum absolute atomic E-state index is 0.588. The third kappa shape index (κ3) is 0.604. The van der Waals surface area contributed by atoms with Gasteiger partial charge in [-0.1, -0.05) is 0 Å². The van der Waals surface area contributed by atoms with E-state index in [0.717, 1.165) is 0 Å². The molecule has 1 rings (SSSR count). The zero-order valence-electron chi connectivity index (χ0n) is 4.47. The van der Waals surface area contributed by atoms with Crippen molar-refractivity contribution >= 4 is 0 Å². The van der Waals surface area contributed by atoms with Gasteiger partial charge < -0.3 is 10.2 Å². The Morgan fingerprint density at radius 3 is 3.00 bits per heavy atom. The average molecular weight is 107 g/mol. The summed E-state index contributed by atoms with van der Waals surface area (Å²) >= 11 is 0. The predicted molar refractivity (Wildman–Crippen MR) is 27.8 cm³/mol. The Bertz CT molecular complexity index is 154. The molecule has 1 heterocycles. The van der Waals surface area contributed by atoms with Crippen LogP contribution in [0.15, 0.2) is 11.9 Å². The van der Waals surface area contributed by atoms with Gasteiger partial charge in [0.25, 0.3) is 0 Å². The highest BCUT2D eigenvalue weighted by atomic mass is 15.2. The SMILES string of the molecule is CN1[C]NC=C1C#N. The summed E-state index contributed by atoms with van der Waals surface area (Å²) in [6.07, 6.45) is 1.60. The first-order chi connectivity index (χ1) is 3.84. The molecule has 0 bridgehead atoms. The summed E-state index contributed by atoms with van der Waals surface area (Å²) < 4.78 is 0. The summed E-state index contributed by atoms with van der Waals surface area (Å²) in [4.78, 5) is 1.60. The highest BCUT2D eigenvalue weighted by Crippen LogP contribution is 2.04. The largest absolute Gasteiger partial charge is 0.359 e. The second-order valence-electron chi connectivity index (χ2n) is 1.46. The van der Waals surface area contributed by atoms with Crippen LogP contribution in [-0.4, -0.2) is 11.9 Å². The van der Waals surface area contributed by atoms with Crippen molar-refractivity contribution < 1.29 is 0 Å². The van der Waals surface area contributed by atoms with E-state index in [2.05, 4.69) is 12.0 Å². The standard InChI is InChI=1S/C5H5N3/c1-8-4-7-3-5(8)2-6/h3,7H,1H3. The summed E-state index contributed by atoms with van der Waals surface area (Å²) in [5, 5.41) is 11.0. The van der Waals surface area contributed by atoms with Gasteiger partial charge in [-0.3, -0.25) is 0 Å². The van der Waals surface area contributed by atoms with E-state index in [-0.39, 0.29) is 0 Å². The molecule has 0 saturated heterocycles. The highest BCUT2D eigenvalue weighted by Gasteiger charge is 2.08. The monoisotopic (exact) mass is 107 g/mol. The maximum Gasteiger partial charge on any atom is 0.205 e. The Labute approximate surface area is 48.2 Å². The Balaban J connectivity index is 2.66. The third-order valence-corrected chi connectivity index (χ3v) is 0.917. The lowest BCUT2D eigenvalue weighted by atomic mass is 10.5. The first kappa shape index (κ1) is 4.98. The van der Waals surface area contributed by atoms with E-state index < -0.39 is 0 Å². The maximum absolute atomic E-state index is 8.30. The van der Waals surface area contributed by atoms with Crippen LogP contribution in [0.25, 0.3) is 0 Å². The van der Waals surface area contributed by atoms with Crippen LogP contribution in [0, 0.1) is 18.0 Å². The summed E-state index contributed by atoms with van der Waals surface area (Å²) in [7, 11) is 1.76. The van der Waals surface area contributed by atoms with Gasteiger partial charge in [0.2, 0.25) is 6.67 Å². The molecule has 0 aromatic carbocycles. The normalized spacial score (nSPS) is 17.0. The van der Waals surface area contributed by atoms with Crippen molar-refractivity contribution in [1.82, 2.24) is 10.2 Å². The Morgan fingerprint density at radius 1 is 2.00 bits per heavy atom. The van der Waals surface area contributed by atoms with Crippen LogP contribution in [0.1, 0.15) is 0 Å². The summed E-state index contributed by atoms with van der Waals surface area (Å²) in [5.41, 5.74) is 0.588. The fourth-order valence-corrected chi connectivity index (χ4v) is 0.462. The molecule has 1 aliphatic rings. The van der Waals surface area contributed by atoms with Crippen molar-refractivity contribution in [2.24, 2.45) is 0 Å². The molecule has 0 spiro atoms. The van der Waals surface area contributed by atoms with Gasteiger partial charge in [-0.2, -0.15) is 5.26 Å². The van der Waals surface area contributed by atoms with E-state index >= 15 is 0 Å². The minimum Gasteiger partial charge on any atom is -0.359 e. The number of nitrogens with one attached hydrogen (secondary N) is 1. The minimum atomic E-state index is 0.588. The number of nitrogens with zero attached hydrogens (tertiary/aromatic N) is 2. The lowest BCUT2D eigenvalue weighted by molar-refractivity contribution is 0.535. The predicted octanol–water partition coefficient (Wildman–Crippen LogP) is -0.117. The van der Waals surface area contributed by atoms with Gasteiger partial charge >= 0.3 is 0 Å². The molecule has 3 nitrogen and oxygen atoms in total. The van der Waals surface area contributed by atoms with Crippen LogP contribution >= 0.6 is 0 Å². The highest BCUT2D eigenvalue weighted by molar-refractivity contribution is 5.23. The van der Waals surface area contributed by atoms with Gasteiger partial charge in [-0.25, -0.2) is 0 Å². The second-order valence-corrected chi connectivity index (χ2v) is 1.46. The van der Waals surface area contributed by atoms with Crippen LogP contribution in [0.2, 0.25) is 0 Å². The number of rotatable bonds is 0. The Morgan fingerprint density at radius 2 is 2.75 bits per heavy atom. The topological polar surface area (TPSA) is 39.1 Å². The molecule has 0 amide bonds. The van der Waals surface area contributed by atoms with Gasteiger partial charge in [0.05, 0.1) is 0 Å². The van der Waals surface area contributed by atoms with Crippen molar-refractivity contribution in [1.29, 1.82) is 5.26 Å². The lowest BCUT2D eigenvalue weighted by Gasteiger charge is -2.04. The fourth-order valence-electron chi connectivity index (χ4n) is 0.462. The van der Waals surface area contributed by atoms with E-state index in [4.69, 9.17) is 5.26 Å². The molecule has 0 saturated carbocycles. The van der Waals surface area contributed by atoms with E-state index in [1.807, 2.05) is 6.07 Å². The number of nitriles is 1. The van der Waals surface area contributed by atoms with Crippen LogP contribution < -0.4 is 5.32 Å². The van der Waals surface area contributed by atoms with Crippen molar-refractivity contribution in [2.45, 2.75) is 0 Å². The summed E-state index contributed by atoms with van der Waals surface area (Å²) in [5.74, 6) is 0. The zero-order chi connectivity index (χ0) is 5.98. The van der Waals surface area contributed by atoms with E-state index in [1.165, 1.54) is 0 Å². The molecule has 1 N–H and O–H groups in total. The average Bonchev–Trinajstić information content (AvgIpc) is 2.14. The van der Waals surface area contributed by atoms with Crippen LogP contribution in [-0.2, 0) is 0 Å². The summed E-state index contributed by atoms with van der Waals surface area (Å²) in [6, 6.07) is 1.98. The molecule has 0 unspecified atom stereocenters. The van der Waals surface area contributed by atoms with E-state index in [9.17, 15) is 0 Å². The molecular formula is C5H5N3. The first-order valence-corrected chi connectivity index (χ1v) is 2.20. The van der Waals surface area contributed by atoms with Gasteiger partial charge in [-0.15, -0.1) is 0 Å². The van der Waals surface area contributed by atoms with Gasteiger partial charge in [-0.05, 0) is 0 Å². The third-order valence-electron chi connectivity index (χ3n) is 0.917. The van der Waals surface area contributed by atoms with Crippen LogP contribution in [0.4, 0.5) is 0 Å². The Hall–Kier alpha value is -1.17. The zero-order valence-corrected chi connectivity index (χ0v) is 4.47. The molecule has 0 fully saturated rings. The number of hydrogen-bond acceptors (Lipinski definition) is 3. The number of hydrogen-bond donors (Lipinski definition) is 1. The molecule has 40 valence electrons. The smallest absolute Gasteiger partial charge is 0.205 e. The first-order valence-electron chi connectivity index (χ1n) is 2.20. The molecule has 0 aromatic heterocycles. The molecule has 0 atom stereocenters. The quantitative estimate of drug-likeness (QED) is 0.469. The molecular weight excluding hydrogens is 102 g/mol. The van der Waals surface area contributed by atoms with E-state index in [1.54, 1.807) is 18.1 Å². The van der Waals surface area contributed by atoms with Gasteiger partial charge in [0.15, 0.2) is 0 Å². The van der Waals surface area contributed by atoms with Crippen LogP contribution in [0.5, 0.6) is 0 Å². The van der Waals surface area contributed by atoms with E-state index in [0.29, 0.717) is 5.70 Å². The van der Waals surface area contributed by atoms with Crippen molar-refractivity contribution in [3.63, 3.8) is 0 Å². The molecule has 0 aromatic rings. The molecule has 1 aliphatic heterocycles. The number of allylic oxidation sites excluding steroid dienone is 1. The fraction of sp³-hybridized carbons (Fsp3) is 0.200. The van der Waals surface area contributed by atoms with Crippen LogP contribution in [0.3, 0.4) is 0 Å². The molecule has 3 heteroatoms. The summed E-state index contributed by atoms with van der Waals surface area (Å²) in [6.45, 7) is 2.69. The molecule has 8 heavy (non-hydrogen) atoms. The Kier molecular flexibility index (Phi) is 1.09. The van der Waals surface area contributed by atoms with Crippen molar-refractivity contribution in [3.8, 4) is 6.07 Å². The van der Waals surface area contributed by atoms with Gasteiger partial charge in [0, 0.05) is 13.2 Å². The van der Waals surface area contributed by atoms with Crippen molar-refractivity contribution in [3.05, 3.63) is 18.6 Å². The van der Waals surface area contributed by atoms with Crippen molar-refractivity contribution in [2.75, 3.05) is 7.05 Å². The lowest BCUT2D eigenvalue weighted by Crippen LogP contribution is -2.10. The van der Waals surface area contributed by atoms with Gasteiger partial charge in [0.1, 0.15) is 11.8 Å². The maximum atomic E-state index is 8.30. The second kappa shape index (κ2) is 1.74.